The van der Waals surface area contributed by atoms with Crippen LogP contribution in [0.5, 0.6) is 0 Å². The first-order chi connectivity index (χ1) is 12.3. The molecular formula is C19H19N5O. The van der Waals surface area contributed by atoms with E-state index >= 15 is 0 Å². The van der Waals surface area contributed by atoms with Crippen molar-refractivity contribution in [2.75, 3.05) is 6.61 Å². The molecule has 3 aromatic heterocycles. The topological polar surface area (TPSA) is 79.5 Å². The van der Waals surface area contributed by atoms with Gasteiger partial charge in [-0.25, -0.2) is 4.98 Å². The van der Waals surface area contributed by atoms with E-state index in [1.807, 2.05) is 25.4 Å². The molecule has 0 aliphatic rings. The van der Waals surface area contributed by atoms with E-state index in [1.165, 1.54) is 5.56 Å². The maximum atomic E-state index is 5.55. The molecule has 4 rings (SSSR count). The summed E-state index contributed by atoms with van der Waals surface area (Å²) in [7, 11) is 0. The molecule has 1 aromatic carbocycles. The second-order valence-electron chi connectivity index (χ2n) is 5.88. The Balaban J connectivity index is 1.81. The highest BCUT2D eigenvalue weighted by molar-refractivity contribution is 5.94. The summed E-state index contributed by atoms with van der Waals surface area (Å²) in [6, 6.07) is 6.25. The van der Waals surface area contributed by atoms with Crippen molar-refractivity contribution in [3.63, 3.8) is 0 Å². The van der Waals surface area contributed by atoms with Crippen LogP contribution >= 0.6 is 0 Å². The Kier molecular flexibility index (Phi) is 4.03. The fourth-order valence-corrected chi connectivity index (χ4v) is 2.97. The normalized spacial score (nSPS) is 11.3. The fourth-order valence-electron chi connectivity index (χ4n) is 2.97. The molecule has 0 fully saturated rings. The number of H-pyrrole nitrogens is 2. The minimum atomic E-state index is 0.578. The summed E-state index contributed by atoms with van der Waals surface area (Å²) in [6.45, 7) is 5.37. The lowest BCUT2D eigenvalue weighted by Crippen LogP contribution is -1.98. The van der Waals surface area contributed by atoms with E-state index in [2.05, 4.69) is 44.2 Å². The zero-order valence-electron chi connectivity index (χ0n) is 14.2. The third-order valence-electron chi connectivity index (χ3n) is 4.38. The van der Waals surface area contributed by atoms with Crippen LogP contribution < -0.4 is 0 Å². The molecule has 3 heterocycles. The number of benzene rings is 1. The number of ether oxygens (including phenoxy) is 1. The van der Waals surface area contributed by atoms with Crippen molar-refractivity contribution in [2.24, 2.45) is 0 Å². The van der Waals surface area contributed by atoms with Gasteiger partial charge in [-0.2, -0.15) is 5.10 Å². The second-order valence-corrected chi connectivity index (χ2v) is 5.88. The van der Waals surface area contributed by atoms with Crippen LogP contribution in [-0.4, -0.2) is 31.8 Å². The predicted octanol–water partition coefficient (Wildman–Crippen LogP) is 3.86. The first-order valence-electron chi connectivity index (χ1n) is 8.27. The van der Waals surface area contributed by atoms with E-state index < -0.39 is 0 Å². The van der Waals surface area contributed by atoms with Crippen molar-refractivity contribution >= 4 is 10.9 Å². The number of fused-ring (bicyclic) bond motifs is 1. The number of nitrogens with zero attached hydrogens (tertiary/aromatic N) is 3. The Morgan fingerprint density at radius 2 is 2.12 bits per heavy atom. The quantitative estimate of drug-likeness (QED) is 0.581. The van der Waals surface area contributed by atoms with E-state index in [0.717, 1.165) is 39.1 Å². The number of rotatable bonds is 5. The molecule has 25 heavy (non-hydrogen) atoms. The van der Waals surface area contributed by atoms with Gasteiger partial charge in [0.25, 0.3) is 0 Å². The van der Waals surface area contributed by atoms with Gasteiger partial charge in [0, 0.05) is 42.3 Å². The van der Waals surface area contributed by atoms with Gasteiger partial charge in [0.1, 0.15) is 5.69 Å². The van der Waals surface area contributed by atoms with Crippen molar-refractivity contribution in [3.05, 3.63) is 54.1 Å². The van der Waals surface area contributed by atoms with Gasteiger partial charge in [-0.05, 0) is 42.7 Å². The molecule has 0 spiro atoms. The molecule has 0 unspecified atom stereocenters. The molecule has 4 aromatic rings. The van der Waals surface area contributed by atoms with Crippen LogP contribution in [0.2, 0.25) is 0 Å². The van der Waals surface area contributed by atoms with Gasteiger partial charge in [0.05, 0.1) is 12.1 Å². The Labute approximate surface area is 145 Å². The van der Waals surface area contributed by atoms with Crippen LogP contribution in [0.15, 0.2) is 43.0 Å². The number of aromatic amines is 2. The average molecular weight is 333 g/mol. The molecular weight excluding hydrogens is 314 g/mol. The minimum Gasteiger partial charge on any atom is -0.377 e. The molecule has 2 N–H and O–H groups in total. The van der Waals surface area contributed by atoms with E-state index in [1.54, 1.807) is 12.4 Å². The van der Waals surface area contributed by atoms with Crippen LogP contribution in [0.25, 0.3) is 33.5 Å². The number of nitrogens with one attached hydrogen (secondary N) is 2. The lowest BCUT2D eigenvalue weighted by atomic mass is 9.98. The summed E-state index contributed by atoms with van der Waals surface area (Å²) < 4.78 is 5.55. The average Bonchev–Trinajstić information content (AvgIpc) is 3.29. The standard InChI is InChI=1S/C19H19N5O/c1-3-25-11-14-9-20-10-16(12(14)2)13-4-5-17-15(8-13)18(24-23-17)19-21-6-7-22-19/h4-10H,3,11H2,1-2H3,(H,21,22)(H,23,24). The Hall–Kier alpha value is -2.99. The maximum absolute atomic E-state index is 5.55. The molecule has 0 aliphatic heterocycles. The summed E-state index contributed by atoms with van der Waals surface area (Å²) in [5.41, 5.74) is 6.30. The van der Waals surface area contributed by atoms with Crippen molar-refractivity contribution in [3.8, 4) is 22.6 Å². The molecule has 0 amide bonds. The van der Waals surface area contributed by atoms with E-state index in [4.69, 9.17) is 4.74 Å². The predicted molar refractivity (Wildman–Crippen MR) is 97.0 cm³/mol. The van der Waals surface area contributed by atoms with Crippen LogP contribution in [0.4, 0.5) is 0 Å². The van der Waals surface area contributed by atoms with Crippen LogP contribution in [0, 0.1) is 6.92 Å². The van der Waals surface area contributed by atoms with Crippen molar-refractivity contribution in [1.29, 1.82) is 0 Å². The molecule has 6 nitrogen and oxygen atoms in total. The van der Waals surface area contributed by atoms with Crippen molar-refractivity contribution in [1.82, 2.24) is 25.1 Å². The molecule has 126 valence electrons. The Morgan fingerprint density at radius 1 is 1.20 bits per heavy atom. The third kappa shape index (κ3) is 2.81. The zero-order valence-corrected chi connectivity index (χ0v) is 14.2. The minimum absolute atomic E-state index is 0.578. The molecule has 6 heteroatoms. The molecule has 0 saturated heterocycles. The first kappa shape index (κ1) is 15.5. The molecule has 0 saturated carbocycles. The van der Waals surface area contributed by atoms with Gasteiger partial charge in [-0.1, -0.05) is 6.07 Å². The van der Waals surface area contributed by atoms with Crippen LogP contribution in [-0.2, 0) is 11.3 Å². The highest BCUT2D eigenvalue weighted by Gasteiger charge is 2.13. The largest absolute Gasteiger partial charge is 0.377 e. The smallest absolute Gasteiger partial charge is 0.158 e. The van der Waals surface area contributed by atoms with E-state index in [9.17, 15) is 0 Å². The first-order valence-corrected chi connectivity index (χ1v) is 8.27. The number of hydrogen-bond donors (Lipinski definition) is 2. The van der Waals surface area contributed by atoms with Crippen molar-refractivity contribution < 1.29 is 4.74 Å². The summed E-state index contributed by atoms with van der Waals surface area (Å²) in [5, 5.41) is 8.49. The van der Waals surface area contributed by atoms with Crippen molar-refractivity contribution in [2.45, 2.75) is 20.5 Å². The Bertz CT molecular complexity index is 1000. The van der Waals surface area contributed by atoms with Gasteiger partial charge >= 0.3 is 0 Å². The summed E-state index contributed by atoms with van der Waals surface area (Å²) in [5.74, 6) is 0.753. The summed E-state index contributed by atoms with van der Waals surface area (Å²) in [6.07, 6.45) is 7.30. The van der Waals surface area contributed by atoms with Gasteiger partial charge in [0.15, 0.2) is 5.82 Å². The Morgan fingerprint density at radius 3 is 2.92 bits per heavy atom. The summed E-state index contributed by atoms with van der Waals surface area (Å²) in [4.78, 5) is 11.8. The monoisotopic (exact) mass is 333 g/mol. The number of aromatic nitrogens is 5. The third-order valence-corrected chi connectivity index (χ3v) is 4.38. The number of pyridine rings is 1. The molecule has 0 atom stereocenters. The van der Waals surface area contributed by atoms with Crippen LogP contribution in [0.1, 0.15) is 18.1 Å². The lowest BCUT2D eigenvalue weighted by molar-refractivity contribution is 0.133. The highest BCUT2D eigenvalue weighted by atomic mass is 16.5. The van der Waals surface area contributed by atoms with Gasteiger partial charge in [-0.15, -0.1) is 0 Å². The molecule has 0 radical (unpaired) electrons. The SMILES string of the molecule is CCOCc1cncc(-c2ccc3[nH]nc(-c4ncc[nH]4)c3c2)c1C. The summed E-state index contributed by atoms with van der Waals surface area (Å²) >= 11 is 0. The van der Waals surface area contributed by atoms with E-state index in [0.29, 0.717) is 13.2 Å². The zero-order chi connectivity index (χ0) is 17.2. The highest BCUT2D eigenvalue weighted by Crippen LogP contribution is 2.31. The second kappa shape index (κ2) is 6.49. The molecule has 0 bridgehead atoms. The number of imidazole rings is 1. The van der Waals surface area contributed by atoms with Gasteiger partial charge < -0.3 is 9.72 Å². The maximum Gasteiger partial charge on any atom is 0.158 e. The van der Waals surface area contributed by atoms with Crippen LogP contribution in [0.3, 0.4) is 0 Å². The lowest BCUT2D eigenvalue weighted by Gasteiger charge is -2.11. The fraction of sp³-hybridized carbons (Fsp3) is 0.211. The molecule has 0 aliphatic carbocycles. The number of hydrogen-bond acceptors (Lipinski definition) is 4. The van der Waals surface area contributed by atoms with Gasteiger partial charge in [0.2, 0.25) is 0 Å². The van der Waals surface area contributed by atoms with E-state index in [-0.39, 0.29) is 0 Å². The van der Waals surface area contributed by atoms with Gasteiger partial charge in [-0.3, -0.25) is 10.1 Å².